The van der Waals surface area contributed by atoms with Gasteiger partial charge in [0.05, 0.1) is 0 Å². The van der Waals surface area contributed by atoms with Crippen molar-refractivity contribution in [3.05, 3.63) is 56.7 Å². The molecule has 3 rings (SSSR count). The maximum absolute atomic E-state index is 12.3. The molecule has 0 radical (unpaired) electrons. The van der Waals surface area contributed by atoms with E-state index in [0.29, 0.717) is 6.42 Å². The van der Waals surface area contributed by atoms with Gasteiger partial charge in [0.1, 0.15) is 0 Å². The number of carbonyl (C=O) groups is 1. The van der Waals surface area contributed by atoms with E-state index in [4.69, 9.17) is 11.6 Å². The maximum Gasteiger partial charge on any atom is 0.347 e. The zero-order valence-electron chi connectivity index (χ0n) is 12.3. The first kappa shape index (κ1) is 17.4. The summed E-state index contributed by atoms with van der Waals surface area (Å²) in [6.07, 6.45) is 0.502. The fourth-order valence-electron chi connectivity index (χ4n) is 3.09. The van der Waals surface area contributed by atoms with Gasteiger partial charge in [0, 0.05) is 28.6 Å². The van der Waals surface area contributed by atoms with Gasteiger partial charge in [0.2, 0.25) is 0 Å². The van der Waals surface area contributed by atoms with Gasteiger partial charge >= 0.3 is 5.97 Å². The van der Waals surface area contributed by atoms with E-state index in [1.165, 1.54) is 23.1 Å². The first-order valence-electron chi connectivity index (χ1n) is 7.04. The SMILES string of the molecule is O=C(O)[C@](c1ccccc1Cl)(N1CCc2sccc2C1)S(=O)(=O)O. The summed E-state index contributed by atoms with van der Waals surface area (Å²) >= 11 is 7.63. The van der Waals surface area contributed by atoms with Gasteiger partial charge in [-0.15, -0.1) is 11.3 Å². The number of hydrogen-bond donors (Lipinski definition) is 2. The van der Waals surface area contributed by atoms with Crippen LogP contribution in [0.15, 0.2) is 35.7 Å². The molecule has 2 aromatic rings. The highest BCUT2D eigenvalue weighted by molar-refractivity contribution is 7.87. The number of halogens is 1. The average Bonchev–Trinajstić information content (AvgIpc) is 2.95. The third kappa shape index (κ3) is 2.55. The summed E-state index contributed by atoms with van der Waals surface area (Å²) in [7, 11) is -5.04. The van der Waals surface area contributed by atoms with Crippen LogP contribution in [0.1, 0.15) is 16.0 Å². The van der Waals surface area contributed by atoms with Crippen LogP contribution in [0.25, 0.3) is 0 Å². The van der Waals surface area contributed by atoms with E-state index in [1.54, 1.807) is 17.4 Å². The number of hydrogen-bond acceptors (Lipinski definition) is 5. The van der Waals surface area contributed by atoms with Crippen LogP contribution >= 0.6 is 22.9 Å². The van der Waals surface area contributed by atoms with Crippen molar-refractivity contribution < 1.29 is 22.9 Å². The van der Waals surface area contributed by atoms with E-state index in [0.717, 1.165) is 10.4 Å². The second-order valence-corrected chi connectivity index (χ2v) is 8.39. The van der Waals surface area contributed by atoms with Crippen molar-refractivity contribution in [3.8, 4) is 0 Å². The molecule has 1 aromatic heterocycles. The van der Waals surface area contributed by atoms with Crippen LogP contribution in [0.5, 0.6) is 0 Å². The van der Waals surface area contributed by atoms with Crippen molar-refractivity contribution in [2.75, 3.05) is 6.54 Å². The molecule has 0 spiro atoms. The Hall–Kier alpha value is -1.45. The minimum atomic E-state index is -5.04. The molecule has 24 heavy (non-hydrogen) atoms. The van der Waals surface area contributed by atoms with E-state index in [9.17, 15) is 22.9 Å². The molecule has 0 saturated carbocycles. The van der Waals surface area contributed by atoms with Crippen LogP contribution in [0, 0.1) is 0 Å². The summed E-state index contributed by atoms with van der Waals surface area (Å²) in [6, 6.07) is 7.60. The molecule has 0 bridgehead atoms. The third-order valence-corrected chi connectivity index (χ3v) is 6.91. The number of carboxylic acid groups (broad SMARTS) is 1. The van der Waals surface area contributed by atoms with Gasteiger partial charge in [-0.1, -0.05) is 29.8 Å². The zero-order chi connectivity index (χ0) is 17.5. The number of rotatable bonds is 4. The molecule has 1 atom stereocenters. The molecule has 0 amide bonds. The smallest absolute Gasteiger partial charge is 0.347 e. The molecule has 0 aliphatic carbocycles. The summed E-state index contributed by atoms with van der Waals surface area (Å²) < 4.78 is 34.5. The Kier molecular flexibility index (Phi) is 4.43. The highest BCUT2D eigenvalue weighted by atomic mass is 35.5. The van der Waals surface area contributed by atoms with Gasteiger partial charge < -0.3 is 5.11 Å². The lowest BCUT2D eigenvalue weighted by Gasteiger charge is -2.40. The topological polar surface area (TPSA) is 94.9 Å². The minimum absolute atomic E-state index is 0.0337. The molecule has 0 fully saturated rings. The Balaban J connectivity index is 2.24. The summed E-state index contributed by atoms with van der Waals surface area (Å²) in [5.41, 5.74) is 0.688. The van der Waals surface area contributed by atoms with Gasteiger partial charge in [0.25, 0.3) is 15.0 Å². The fourth-order valence-corrected chi connectivity index (χ4v) is 5.46. The number of aliphatic carboxylic acids is 1. The van der Waals surface area contributed by atoms with Crippen molar-refractivity contribution in [1.29, 1.82) is 0 Å². The highest BCUT2D eigenvalue weighted by Crippen LogP contribution is 2.41. The van der Waals surface area contributed by atoms with E-state index in [1.807, 2.05) is 11.4 Å². The van der Waals surface area contributed by atoms with Crippen LogP contribution in [-0.2, 0) is 32.7 Å². The van der Waals surface area contributed by atoms with Crippen molar-refractivity contribution >= 4 is 39.0 Å². The number of benzene rings is 1. The summed E-state index contributed by atoms with van der Waals surface area (Å²) in [5.74, 6) is -1.68. The van der Waals surface area contributed by atoms with Crippen LogP contribution in [0.3, 0.4) is 0 Å². The molecule has 2 N–H and O–H groups in total. The van der Waals surface area contributed by atoms with Crippen molar-refractivity contribution in [1.82, 2.24) is 4.90 Å². The average molecular weight is 388 g/mol. The van der Waals surface area contributed by atoms with Gasteiger partial charge in [-0.25, -0.2) is 4.79 Å². The summed E-state index contributed by atoms with van der Waals surface area (Å²) in [6.45, 7) is 0.265. The lowest BCUT2D eigenvalue weighted by atomic mass is 10.0. The lowest BCUT2D eigenvalue weighted by molar-refractivity contribution is -0.147. The molecule has 1 aromatic carbocycles. The quantitative estimate of drug-likeness (QED) is 0.783. The Morgan fingerprint density at radius 2 is 2.00 bits per heavy atom. The Morgan fingerprint density at radius 1 is 1.29 bits per heavy atom. The Bertz CT molecular complexity index is 895. The van der Waals surface area contributed by atoms with Crippen molar-refractivity contribution in [3.63, 3.8) is 0 Å². The van der Waals surface area contributed by atoms with Gasteiger partial charge in [-0.05, 0) is 29.5 Å². The molecule has 6 nitrogen and oxygen atoms in total. The van der Waals surface area contributed by atoms with E-state index < -0.39 is 21.0 Å². The minimum Gasteiger partial charge on any atom is -0.479 e. The molecular formula is C15H14ClNO5S2. The van der Waals surface area contributed by atoms with E-state index in [2.05, 4.69) is 0 Å². The zero-order valence-corrected chi connectivity index (χ0v) is 14.7. The maximum atomic E-state index is 12.3. The lowest BCUT2D eigenvalue weighted by Crippen LogP contribution is -2.58. The summed E-state index contributed by atoms with van der Waals surface area (Å²) in [5, 5.41) is 11.7. The molecular weight excluding hydrogens is 374 g/mol. The molecule has 9 heteroatoms. The normalized spacial score (nSPS) is 17.9. The predicted molar refractivity (Wildman–Crippen MR) is 90.7 cm³/mol. The number of fused-ring (bicyclic) bond motifs is 1. The van der Waals surface area contributed by atoms with Crippen LogP contribution in [0.4, 0.5) is 0 Å². The number of carboxylic acids is 1. The third-order valence-electron chi connectivity index (χ3n) is 4.16. The standard InChI is InChI=1S/C15H14ClNO5S2/c16-12-4-2-1-3-11(12)15(14(18)19,24(20,21)22)17-7-5-13-10(9-17)6-8-23-13/h1-4,6,8H,5,7,9H2,(H,18,19)(H,20,21,22)/t15-/m1/s1. The predicted octanol–water partition coefficient (Wildman–Crippen LogP) is 2.59. The van der Waals surface area contributed by atoms with Gasteiger partial charge in [-0.2, -0.15) is 8.42 Å². The first-order chi connectivity index (χ1) is 11.3. The van der Waals surface area contributed by atoms with Gasteiger partial charge in [0.15, 0.2) is 0 Å². The van der Waals surface area contributed by atoms with Crippen molar-refractivity contribution in [2.45, 2.75) is 17.8 Å². The molecule has 2 heterocycles. The van der Waals surface area contributed by atoms with Crippen LogP contribution < -0.4 is 0 Å². The van der Waals surface area contributed by atoms with Crippen LogP contribution in [-0.4, -0.2) is 35.5 Å². The van der Waals surface area contributed by atoms with Crippen LogP contribution in [0.2, 0.25) is 5.02 Å². The van der Waals surface area contributed by atoms with E-state index in [-0.39, 0.29) is 23.7 Å². The Morgan fingerprint density at radius 3 is 2.62 bits per heavy atom. The first-order valence-corrected chi connectivity index (χ1v) is 9.74. The monoisotopic (exact) mass is 387 g/mol. The molecule has 128 valence electrons. The second-order valence-electron chi connectivity index (χ2n) is 5.44. The summed E-state index contributed by atoms with van der Waals surface area (Å²) in [4.78, 5) is 11.8. The number of thiophene rings is 1. The second kappa shape index (κ2) is 6.12. The van der Waals surface area contributed by atoms with Crippen molar-refractivity contribution in [2.24, 2.45) is 0 Å². The molecule has 1 aliphatic rings. The van der Waals surface area contributed by atoms with Gasteiger partial charge in [-0.3, -0.25) is 9.45 Å². The fraction of sp³-hybridized carbons (Fsp3) is 0.267. The largest absolute Gasteiger partial charge is 0.479 e. The van der Waals surface area contributed by atoms with E-state index >= 15 is 0 Å². The highest BCUT2D eigenvalue weighted by Gasteiger charge is 2.58. The number of nitrogens with zero attached hydrogens (tertiary/aromatic N) is 1. The molecule has 1 aliphatic heterocycles. The molecule has 0 unspecified atom stereocenters. The molecule has 0 saturated heterocycles. The Labute approximate surface area is 148 Å².